The third kappa shape index (κ3) is 3.62. The van der Waals surface area contributed by atoms with Gasteiger partial charge in [0.15, 0.2) is 0 Å². The minimum atomic E-state index is -0.545. The number of hydrogen-bond acceptors (Lipinski definition) is 3. The van der Waals surface area contributed by atoms with E-state index < -0.39 is 5.41 Å². The fraction of sp³-hybridized carbons (Fsp3) is 0.280. The van der Waals surface area contributed by atoms with Crippen molar-refractivity contribution in [2.75, 3.05) is 26.2 Å². The average molecular weight is 383 g/mol. The Kier molecular flexibility index (Phi) is 5.08. The van der Waals surface area contributed by atoms with Gasteiger partial charge in [-0.2, -0.15) is 5.26 Å². The Morgan fingerprint density at radius 2 is 1.69 bits per heavy atom. The molecule has 0 atom stereocenters. The maximum atomic E-state index is 13.4. The Balaban J connectivity index is 1.85. The lowest BCUT2D eigenvalue weighted by molar-refractivity contribution is 0.0736. The summed E-state index contributed by atoms with van der Waals surface area (Å²) >= 11 is 0. The molecule has 0 radical (unpaired) electrons. The zero-order chi connectivity index (χ0) is 20.4. The van der Waals surface area contributed by atoms with Crippen molar-refractivity contribution in [3.8, 4) is 17.2 Å². The zero-order valence-corrected chi connectivity index (χ0v) is 16.9. The van der Waals surface area contributed by atoms with E-state index in [2.05, 4.69) is 23.5 Å². The minimum Gasteiger partial charge on any atom is -0.336 e. The molecule has 1 N–H and O–H groups in total. The third-order valence-corrected chi connectivity index (χ3v) is 5.74. The summed E-state index contributed by atoms with van der Waals surface area (Å²) in [5.41, 5.74) is 3.12. The number of nitrogens with zero attached hydrogens (tertiary/aromatic N) is 2. The molecule has 4 rings (SSSR count). The Morgan fingerprint density at radius 3 is 2.38 bits per heavy atom. The van der Waals surface area contributed by atoms with E-state index in [-0.39, 0.29) is 5.91 Å². The van der Waals surface area contributed by atoms with Crippen LogP contribution in [0.4, 0.5) is 0 Å². The van der Waals surface area contributed by atoms with Crippen molar-refractivity contribution in [3.05, 3.63) is 71.8 Å². The van der Waals surface area contributed by atoms with E-state index in [0.717, 1.165) is 59.2 Å². The van der Waals surface area contributed by atoms with Crippen molar-refractivity contribution in [2.24, 2.45) is 0 Å². The molecule has 1 fully saturated rings. The Labute approximate surface area is 171 Å². The number of carbonyl (C=O) groups is 1. The second-order valence-corrected chi connectivity index (χ2v) is 8.07. The monoisotopic (exact) mass is 383 g/mol. The highest BCUT2D eigenvalue weighted by Crippen LogP contribution is 2.34. The van der Waals surface area contributed by atoms with Crippen LogP contribution in [-0.4, -0.2) is 37.0 Å². The van der Waals surface area contributed by atoms with Gasteiger partial charge in [-0.3, -0.25) is 4.79 Å². The maximum Gasteiger partial charge on any atom is 0.254 e. The number of fused-ring (bicyclic) bond motifs is 1. The number of amides is 1. The molecule has 29 heavy (non-hydrogen) atoms. The fourth-order valence-electron chi connectivity index (χ4n) is 3.92. The standard InChI is InChI=1S/C25H25N3O/c1-25(2,17-26)20-10-7-19(8-11-20)23-21-6-4-3-5-18(21)9-12-22(23)24(29)28-15-13-27-14-16-28/h3-12,27H,13-16H2,1-2H3. The molecule has 0 aliphatic carbocycles. The molecule has 146 valence electrons. The molecule has 0 aromatic heterocycles. The molecule has 1 aliphatic rings. The molecule has 1 amide bonds. The van der Waals surface area contributed by atoms with Gasteiger partial charge in [-0.05, 0) is 41.8 Å². The summed E-state index contributed by atoms with van der Waals surface area (Å²) in [6.07, 6.45) is 0. The van der Waals surface area contributed by atoms with Gasteiger partial charge in [-0.1, -0.05) is 54.6 Å². The molecule has 0 bridgehead atoms. The summed E-state index contributed by atoms with van der Waals surface area (Å²) in [7, 11) is 0. The van der Waals surface area contributed by atoms with E-state index in [1.165, 1.54) is 0 Å². The van der Waals surface area contributed by atoms with Gasteiger partial charge in [-0.25, -0.2) is 0 Å². The molecule has 0 saturated carbocycles. The lowest BCUT2D eigenvalue weighted by Crippen LogP contribution is -2.46. The summed E-state index contributed by atoms with van der Waals surface area (Å²) in [5, 5.41) is 14.9. The Hall–Kier alpha value is -3.16. The lowest BCUT2D eigenvalue weighted by Gasteiger charge is -2.28. The van der Waals surface area contributed by atoms with Crippen LogP contribution in [0.15, 0.2) is 60.7 Å². The van der Waals surface area contributed by atoms with E-state index in [1.807, 2.05) is 67.3 Å². The van der Waals surface area contributed by atoms with Crippen molar-refractivity contribution < 1.29 is 4.79 Å². The van der Waals surface area contributed by atoms with Crippen LogP contribution >= 0.6 is 0 Å². The molecule has 3 aromatic rings. The number of rotatable bonds is 3. The first-order valence-corrected chi connectivity index (χ1v) is 10.1. The first-order valence-electron chi connectivity index (χ1n) is 10.1. The summed E-state index contributed by atoms with van der Waals surface area (Å²) in [4.78, 5) is 15.3. The van der Waals surface area contributed by atoms with Gasteiger partial charge in [0.2, 0.25) is 0 Å². The molecule has 1 aliphatic heterocycles. The second-order valence-electron chi connectivity index (χ2n) is 8.07. The summed E-state index contributed by atoms with van der Waals surface area (Å²) < 4.78 is 0. The summed E-state index contributed by atoms with van der Waals surface area (Å²) in [6, 6.07) is 22.6. The minimum absolute atomic E-state index is 0.0775. The highest BCUT2D eigenvalue weighted by Gasteiger charge is 2.24. The third-order valence-electron chi connectivity index (χ3n) is 5.74. The average Bonchev–Trinajstić information content (AvgIpc) is 2.78. The molecular weight excluding hydrogens is 358 g/mol. The van der Waals surface area contributed by atoms with Crippen LogP contribution in [0.1, 0.15) is 29.8 Å². The van der Waals surface area contributed by atoms with E-state index in [0.29, 0.717) is 0 Å². The molecule has 4 nitrogen and oxygen atoms in total. The smallest absolute Gasteiger partial charge is 0.254 e. The summed E-state index contributed by atoms with van der Waals surface area (Å²) in [5.74, 6) is 0.0775. The van der Waals surface area contributed by atoms with Gasteiger partial charge in [0.25, 0.3) is 5.91 Å². The molecule has 3 aromatic carbocycles. The number of piperazine rings is 1. The number of nitriles is 1. The second kappa shape index (κ2) is 7.69. The molecular formula is C25H25N3O. The largest absolute Gasteiger partial charge is 0.336 e. The Morgan fingerprint density at radius 1 is 1.00 bits per heavy atom. The number of nitrogens with one attached hydrogen (secondary N) is 1. The quantitative estimate of drug-likeness (QED) is 0.731. The van der Waals surface area contributed by atoms with E-state index >= 15 is 0 Å². The van der Waals surface area contributed by atoms with Crippen molar-refractivity contribution in [2.45, 2.75) is 19.3 Å². The molecule has 0 unspecified atom stereocenters. The van der Waals surface area contributed by atoms with Crippen molar-refractivity contribution in [1.82, 2.24) is 10.2 Å². The SMILES string of the molecule is CC(C)(C#N)c1ccc(-c2c(C(=O)N3CCNCC3)ccc3ccccc23)cc1. The zero-order valence-electron chi connectivity index (χ0n) is 16.9. The summed E-state index contributed by atoms with van der Waals surface area (Å²) in [6.45, 7) is 6.93. The highest BCUT2D eigenvalue weighted by molar-refractivity contribution is 6.10. The number of carbonyl (C=O) groups excluding carboxylic acids is 1. The fourth-order valence-corrected chi connectivity index (χ4v) is 3.92. The van der Waals surface area contributed by atoms with Crippen molar-refractivity contribution >= 4 is 16.7 Å². The van der Waals surface area contributed by atoms with Crippen LogP contribution in [0, 0.1) is 11.3 Å². The van der Waals surface area contributed by atoms with E-state index in [9.17, 15) is 10.1 Å². The van der Waals surface area contributed by atoms with Gasteiger partial charge >= 0.3 is 0 Å². The molecule has 1 saturated heterocycles. The maximum absolute atomic E-state index is 13.4. The van der Waals surface area contributed by atoms with Crippen molar-refractivity contribution in [1.29, 1.82) is 5.26 Å². The molecule has 1 heterocycles. The first-order chi connectivity index (χ1) is 14.0. The van der Waals surface area contributed by atoms with Gasteiger partial charge in [0.1, 0.15) is 0 Å². The van der Waals surface area contributed by atoms with Crippen LogP contribution in [0.2, 0.25) is 0 Å². The van der Waals surface area contributed by atoms with Gasteiger partial charge in [0.05, 0.1) is 11.5 Å². The van der Waals surface area contributed by atoms with Gasteiger partial charge in [-0.15, -0.1) is 0 Å². The van der Waals surface area contributed by atoms with Gasteiger partial charge < -0.3 is 10.2 Å². The van der Waals surface area contributed by atoms with Crippen LogP contribution in [0.25, 0.3) is 21.9 Å². The molecule has 4 heteroatoms. The highest BCUT2D eigenvalue weighted by atomic mass is 16.2. The molecule has 0 spiro atoms. The lowest BCUT2D eigenvalue weighted by atomic mass is 9.84. The number of benzene rings is 3. The van der Waals surface area contributed by atoms with E-state index in [4.69, 9.17) is 0 Å². The first kappa shape index (κ1) is 19.2. The van der Waals surface area contributed by atoms with Crippen LogP contribution in [0.3, 0.4) is 0 Å². The topological polar surface area (TPSA) is 56.1 Å². The van der Waals surface area contributed by atoms with Gasteiger partial charge in [0, 0.05) is 37.3 Å². The normalized spacial score (nSPS) is 14.6. The van der Waals surface area contributed by atoms with Crippen LogP contribution in [0.5, 0.6) is 0 Å². The number of hydrogen-bond donors (Lipinski definition) is 1. The van der Waals surface area contributed by atoms with E-state index in [1.54, 1.807) is 0 Å². The van der Waals surface area contributed by atoms with Crippen LogP contribution in [-0.2, 0) is 5.41 Å². The van der Waals surface area contributed by atoms with Crippen molar-refractivity contribution in [3.63, 3.8) is 0 Å². The Bertz CT molecular complexity index is 1090. The van der Waals surface area contributed by atoms with Crippen LogP contribution < -0.4 is 5.32 Å². The predicted octanol–water partition coefficient (Wildman–Crippen LogP) is 4.35. The predicted molar refractivity (Wildman–Crippen MR) is 117 cm³/mol.